The zero-order valence-electron chi connectivity index (χ0n) is 12.8. The molecule has 0 unspecified atom stereocenters. The van der Waals surface area contributed by atoms with Crippen LogP contribution < -0.4 is 0 Å². The minimum atomic E-state index is 0.0833. The van der Waals surface area contributed by atoms with E-state index in [0.717, 1.165) is 23.3 Å². The van der Waals surface area contributed by atoms with Crippen LogP contribution in [0.15, 0.2) is 23.3 Å². The third kappa shape index (κ3) is 106. The lowest BCUT2D eigenvalue weighted by molar-refractivity contribution is -0.115. The smallest absolute Gasteiger partial charge is 0.231 e. The monoisotopic (exact) mass is 282 g/mol. The molecule has 0 aromatic heterocycles. The summed E-state index contributed by atoms with van der Waals surface area (Å²) in [7, 11) is 0. The number of isocyanates is 2. The lowest BCUT2D eigenvalue weighted by atomic mass is 10.2. The number of carbonyl (C=O) groups is 2. The quantitative estimate of drug-likeness (QED) is 0.460. The minimum absolute atomic E-state index is 0.0833. The van der Waals surface area contributed by atoms with Crippen molar-refractivity contribution in [1.82, 2.24) is 0 Å². The average molecular weight is 282 g/mol. The third-order valence-electron chi connectivity index (χ3n) is 0.862. The molecule has 20 heavy (non-hydrogen) atoms. The van der Waals surface area contributed by atoms with Gasteiger partial charge in [0.15, 0.2) is 5.78 Å². The highest BCUT2D eigenvalue weighted by atomic mass is 16.1. The molecule has 0 saturated heterocycles. The van der Waals surface area contributed by atoms with E-state index < -0.39 is 0 Å². The van der Waals surface area contributed by atoms with E-state index in [-0.39, 0.29) is 11.6 Å². The van der Waals surface area contributed by atoms with Crippen LogP contribution in [0.25, 0.3) is 0 Å². The van der Waals surface area contributed by atoms with Crippen molar-refractivity contribution >= 4 is 23.7 Å². The van der Waals surface area contributed by atoms with Gasteiger partial charge in [0.2, 0.25) is 12.2 Å². The Bertz CT molecular complexity index is 365. The Labute approximate surface area is 119 Å². The summed E-state index contributed by atoms with van der Waals surface area (Å²) in [5, 5.41) is 10.8. The maximum absolute atomic E-state index is 10.9. The molecule has 0 aliphatic rings. The largest absolute Gasteiger partial charge is 0.300 e. The van der Waals surface area contributed by atoms with Gasteiger partial charge in [0.25, 0.3) is 0 Å². The van der Waals surface area contributed by atoms with Crippen molar-refractivity contribution in [2.45, 2.75) is 41.5 Å². The standard InChI is InChI=1S/C9H14O.C3H6O.2CHNO/c1-7(2)5-9(10)6-8(3)4;1-3(2)4;2*2-1-3/h5-6H,1-4H3;1-2H3;2*2H. The molecule has 2 N–H and O–H groups in total. The predicted octanol–water partition coefficient (Wildman–Crippen LogP) is 2.89. The molecule has 6 nitrogen and oxygen atoms in total. The molecule has 0 amide bonds. The fourth-order valence-corrected chi connectivity index (χ4v) is 0.611. The van der Waals surface area contributed by atoms with Crippen molar-refractivity contribution < 1.29 is 19.2 Å². The number of hydrogen-bond donors (Lipinski definition) is 2. The first-order valence-electron chi connectivity index (χ1n) is 5.47. The number of ketones is 2. The van der Waals surface area contributed by atoms with E-state index in [1.54, 1.807) is 12.2 Å². The maximum atomic E-state index is 10.9. The molecule has 112 valence electrons. The minimum Gasteiger partial charge on any atom is -0.300 e. The molecule has 0 saturated carbocycles. The van der Waals surface area contributed by atoms with Gasteiger partial charge in [-0.25, -0.2) is 20.4 Å². The first-order chi connectivity index (χ1) is 9.08. The summed E-state index contributed by atoms with van der Waals surface area (Å²) in [5.41, 5.74) is 2.09. The van der Waals surface area contributed by atoms with E-state index >= 15 is 0 Å². The number of rotatable bonds is 2. The Morgan fingerprint density at radius 3 is 1.00 bits per heavy atom. The Morgan fingerprint density at radius 1 is 0.750 bits per heavy atom. The van der Waals surface area contributed by atoms with E-state index in [4.69, 9.17) is 20.4 Å². The van der Waals surface area contributed by atoms with Gasteiger partial charge in [-0.2, -0.15) is 0 Å². The molecule has 0 fully saturated rings. The highest BCUT2D eigenvalue weighted by Gasteiger charge is 1.89. The molecule has 0 spiro atoms. The molecular formula is C14H22N2O4. The fraction of sp³-hybridized carbons (Fsp3) is 0.429. The lowest BCUT2D eigenvalue weighted by Crippen LogP contribution is -1.87. The number of nitrogens with one attached hydrogen (secondary N) is 2. The van der Waals surface area contributed by atoms with Gasteiger partial charge >= 0.3 is 0 Å². The van der Waals surface area contributed by atoms with Gasteiger partial charge in [0.05, 0.1) is 0 Å². The number of allylic oxidation sites excluding steroid dienone is 4. The van der Waals surface area contributed by atoms with Gasteiger partial charge in [0, 0.05) is 0 Å². The predicted molar refractivity (Wildman–Crippen MR) is 77.1 cm³/mol. The SMILES string of the molecule is CC(C)=CC(=O)C=C(C)C.CC(C)=O.N=C=O.N=C=O. The van der Waals surface area contributed by atoms with E-state index in [1.165, 1.54) is 13.8 Å². The molecule has 0 bridgehead atoms. The number of hydrogen-bond acceptors (Lipinski definition) is 6. The van der Waals surface area contributed by atoms with Crippen molar-refractivity contribution in [3.05, 3.63) is 23.3 Å². The van der Waals surface area contributed by atoms with Crippen molar-refractivity contribution in [3.8, 4) is 0 Å². The molecule has 0 aliphatic carbocycles. The summed E-state index contributed by atoms with van der Waals surface area (Å²) in [4.78, 5) is 37.0. The van der Waals surface area contributed by atoms with Crippen LogP contribution in [0.2, 0.25) is 0 Å². The average Bonchev–Trinajstić information content (AvgIpc) is 2.15. The van der Waals surface area contributed by atoms with E-state index in [0.29, 0.717) is 0 Å². The zero-order chi connectivity index (χ0) is 17.1. The fourth-order valence-electron chi connectivity index (χ4n) is 0.611. The summed E-state index contributed by atoms with van der Waals surface area (Å²) < 4.78 is 0. The van der Waals surface area contributed by atoms with Crippen LogP contribution in [-0.4, -0.2) is 23.7 Å². The van der Waals surface area contributed by atoms with Crippen molar-refractivity contribution in [2.24, 2.45) is 0 Å². The van der Waals surface area contributed by atoms with Crippen molar-refractivity contribution in [2.75, 3.05) is 0 Å². The van der Waals surface area contributed by atoms with Gasteiger partial charge in [-0.15, -0.1) is 0 Å². The van der Waals surface area contributed by atoms with Crippen LogP contribution in [0.1, 0.15) is 41.5 Å². The van der Waals surface area contributed by atoms with Crippen LogP contribution in [0.4, 0.5) is 0 Å². The summed E-state index contributed by atoms with van der Waals surface area (Å²) in [6.45, 7) is 10.7. The van der Waals surface area contributed by atoms with Gasteiger partial charge < -0.3 is 4.79 Å². The van der Waals surface area contributed by atoms with E-state index in [2.05, 4.69) is 0 Å². The summed E-state index contributed by atoms with van der Waals surface area (Å²) in [6, 6.07) is 0. The molecule has 0 radical (unpaired) electrons. The second-order valence-corrected chi connectivity index (χ2v) is 3.96. The second-order valence-electron chi connectivity index (χ2n) is 3.96. The van der Waals surface area contributed by atoms with Gasteiger partial charge in [-0.3, -0.25) is 4.79 Å². The summed E-state index contributed by atoms with van der Waals surface area (Å²) in [6.07, 6.45) is 4.76. The highest BCUT2D eigenvalue weighted by Crippen LogP contribution is 1.94. The molecule has 0 rings (SSSR count). The first kappa shape index (κ1) is 26.2. The Hall–Kier alpha value is -2.42. The molecule has 0 aliphatic heterocycles. The molecule has 0 heterocycles. The van der Waals surface area contributed by atoms with E-state index in [1.807, 2.05) is 27.7 Å². The van der Waals surface area contributed by atoms with Gasteiger partial charge in [0.1, 0.15) is 5.78 Å². The van der Waals surface area contributed by atoms with Gasteiger partial charge in [-0.1, -0.05) is 11.1 Å². The Kier molecular flexibility index (Phi) is 28.6. The Morgan fingerprint density at radius 2 is 0.900 bits per heavy atom. The van der Waals surface area contributed by atoms with Crippen molar-refractivity contribution in [1.29, 1.82) is 10.8 Å². The molecule has 6 heteroatoms. The summed E-state index contributed by atoms with van der Waals surface area (Å²) >= 11 is 0. The maximum Gasteiger partial charge on any atom is 0.231 e. The number of Topliss-reactive ketones (excluding diaryl/α,β-unsaturated/α-hetero) is 1. The third-order valence-corrected chi connectivity index (χ3v) is 0.862. The normalized spacial score (nSPS) is 6.30. The second kappa shape index (κ2) is 21.8. The van der Waals surface area contributed by atoms with Gasteiger partial charge in [-0.05, 0) is 53.7 Å². The molecule has 0 aromatic carbocycles. The van der Waals surface area contributed by atoms with Crippen LogP contribution >= 0.6 is 0 Å². The first-order valence-corrected chi connectivity index (χ1v) is 5.47. The van der Waals surface area contributed by atoms with E-state index in [9.17, 15) is 9.59 Å². The number of carbonyl (C=O) groups excluding carboxylic acids is 4. The van der Waals surface area contributed by atoms with Crippen molar-refractivity contribution in [3.63, 3.8) is 0 Å². The van der Waals surface area contributed by atoms with Crippen LogP contribution in [0, 0.1) is 10.8 Å². The topological polar surface area (TPSA) is 116 Å². The molecule has 0 aromatic rings. The lowest BCUT2D eigenvalue weighted by Gasteiger charge is -1.87. The molecular weight excluding hydrogens is 260 g/mol. The Balaban J connectivity index is -0.000000106. The highest BCUT2D eigenvalue weighted by molar-refractivity contribution is 5.99. The molecule has 0 atom stereocenters. The summed E-state index contributed by atoms with van der Waals surface area (Å²) in [5.74, 6) is 0.250. The van der Waals surface area contributed by atoms with Crippen LogP contribution in [0.3, 0.4) is 0 Å². The van der Waals surface area contributed by atoms with Crippen LogP contribution in [-0.2, 0) is 19.2 Å². The van der Waals surface area contributed by atoms with Crippen LogP contribution in [0.5, 0.6) is 0 Å². The zero-order valence-corrected chi connectivity index (χ0v) is 12.8.